The van der Waals surface area contributed by atoms with Crippen molar-refractivity contribution in [2.45, 2.75) is 43.7 Å². The molecule has 0 bridgehead atoms. The molecule has 0 amide bonds. The molecule has 176 valence electrons. The summed E-state index contributed by atoms with van der Waals surface area (Å²) >= 11 is 0. The van der Waals surface area contributed by atoms with Gasteiger partial charge in [0.1, 0.15) is 24.6 Å². The highest BCUT2D eigenvalue weighted by Crippen LogP contribution is 2.37. The van der Waals surface area contributed by atoms with Gasteiger partial charge in [-0.15, -0.1) is 0 Å². The molecule has 5 atom stereocenters. The number of para-hydroxylation sites is 1. The van der Waals surface area contributed by atoms with Crippen molar-refractivity contribution in [1.82, 2.24) is 0 Å². The maximum Gasteiger partial charge on any atom is 0.335 e. The van der Waals surface area contributed by atoms with Crippen LogP contribution in [0.1, 0.15) is 23.1 Å². The number of carbonyl (C=O) groups is 1. The molecule has 8 heteroatoms. The fourth-order valence-electron chi connectivity index (χ4n) is 4.56. The zero-order valence-electron chi connectivity index (χ0n) is 18.7. The van der Waals surface area contributed by atoms with E-state index >= 15 is 0 Å². The fraction of sp³-hybridized carbons (Fsp3) is 0.400. The Kier molecular flexibility index (Phi) is 6.56. The van der Waals surface area contributed by atoms with Crippen LogP contribution >= 0.6 is 0 Å². The first-order chi connectivity index (χ1) is 15.7. The molecule has 2 aliphatic rings. The molecule has 2 aliphatic heterocycles. The Morgan fingerprint density at radius 2 is 1.67 bits per heavy atom. The second kappa shape index (κ2) is 9.24. The van der Waals surface area contributed by atoms with Crippen molar-refractivity contribution in [3.8, 4) is 5.75 Å². The van der Waals surface area contributed by atoms with Crippen LogP contribution in [-0.2, 0) is 16.1 Å². The van der Waals surface area contributed by atoms with Crippen molar-refractivity contribution in [3.63, 3.8) is 0 Å². The minimum absolute atomic E-state index is 0.0955. The third-order valence-corrected chi connectivity index (χ3v) is 6.44. The van der Waals surface area contributed by atoms with Gasteiger partial charge in [0.15, 0.2) is 12.2 Å². The number of ether oxygens (including phenoxy) is 2. The second-order valence-electron chi connectivity index (χ2n) is 9.11. The minimum atomic E-state index is -1.70. The van der Waals surface area contributed by atoms with Crippen LogP contribution in [0.4, 0.5) is 0 Å². The summed E-state index contributed by atoms with van der Waals surface area (Å²) in [7, 11) is 3.60. The topological polar surface area (TPSA) is 116 Å². The van der Waals surface area contributed by atoms with Gasteiger partial charge in [-0.25, -0.2) is 4.79 Å². The van der Waals surface area contributed by atoms with Crippen molar-refractivity contribution >= 4 is 11.5 Å². The van der Waals surface area contributed by atoms with Crippen LogP contribution in [0.3, 0.4) is 0 Å². The van der Waals surface area contributed by atoms with Crippen molar-refractivity contribution in [1.29, 1.82) is 0 Å². The molecule has 8 nitrogen and oxygen atoms in total. The maximum absolute atomic E-state index is 11.5. The fourth-order valence-corrected chi connectivity index (χ4v) is 4.56. The molecule has 0 unspecified atom stereocenters. The van der Waals surface area contributed by atoms with E-state index in [0.717, 1.165) is 28.0 Å². The average molecular weight is 457 g/mol. The minimum Gasteiger partial charge on any atom is -0.488 e. The lowest BCUT2D eigenvalue weighted by Crippen LogP contribution is -2.68. The summed E-state index contributed by atoms with van der Waals surface area (Å²) < 4.78 is 11.7. The van der Waals surface area contributed by atoms with Gasteiger partial charge in [0.2, 0.25) is 6.23 Å². The van der Waals surface area contributed by atoms with E-state index in [1.807, 2.05) is 42.5 Å². The van der Waals surface area contributed by atoms with Gasteiger partial charge in [0.05, 0.1) is 20.6 Å². The normalized spacial score (nSPS) is 28.4. The summed E-state index contributed by atoms with van der Waals surface area (Å²) in [4.78, 5) is 11.5. The lowest BCUT2D eigenvalue weighted by molar-refractivity contribution is -0.944. The molecule has 2 aromatic carbocycles. The van der Waals surface area contributed by atoms with Crippen molar-refractivity contribution in [2.24, 2.45) is 0 Å². The number of fused-ring (bicyclic) bond motifs is 2. The molecule has 0 spiro atoms. The first-order valence-corrected chi connectivity index (χ1v) is 11.0. The second-order valence-corrected chi connectivity index (χ2v) is 9.11. The Labute approximate surface area is 192 Å². The summed E-state index contributed by atoms with van der Waals surface area (Å²) in [6.07, 6.45) is -4.66. The van der Waals surface area contributed by atoms with Gasteiger partial charge in [-0.3, -0.25) is 0 Å². The first kappa shape index (κ1) is 23.4. The quantitative estimate of drug-likeness (QED) is 0.502. The van der Waals surface area contributed by atoms with Gasteiger partial charge in [0.25, 0.3) is 0 Å². The number of aliphatic carboxylic acids is 1. The molecule has 4 rings (SSSR count). The third kappa shape index (κ3) is 4.53. The number of carboxylic acid groups (broad SMARTS) is 1. The molecule has 2 heterocycles. The highest BCUT2D eigenvalue weighted by molar-refractivity contribution is 5.84. The lowest BCUT2D eigenvalue weighted by atomic mass is 9.93. The van der Waals surface area contributed by atoms with Gasteiger partial charge in [-0.05, 0) is 22.8 Å². The SMILES string of the molecule is C[N+](C)(CC/C=C1\c2ccccc2COc2ccccc21)[C@@H]1O[C@H](C(=O)O)[C@@H](O)[C@H](O)[C@H]1O. The molecular weight excluding hydrogens is 426 g/mol. The highest BCUT2D eigenvalue weighted by Gasteiger charge is 2.52. The Bertz CT molecular complexity index is 1000. The molecule has 0 aliphatic carbocycles. The average Bonchev–Trinajstić information content (AvgIpc) is 2.94. The first-order valence-electron chi connectivity index (χ1n) is 11.0. The molecule has 1 fully saturated rings. The molecular formula is C25H30NO7+. The molecule has 0 radical (unpaired) electrons. The largest absolute Gasteiger partial charge is 0.488 e. The van der Waals surface area contributed by atoms with Crippen LogP contribution < -0.4 is 4.74 Å². The smallest absolute Gasteiger partial charge is 0.335 e. The van der Waals surface area contributed by atoms with Crippen molar-refractivity contribution in [3.05, 3.63) is 71.3 Å². The zero-order valence-corrected chi connectivity index (χ0v) is 18.7. The Balaban J connectivity index is 1.59. The van der Waals surface area contributed by atoms with Gasteiger partial charge < -0.3 is 34.4 Å². The highest BCUT2D eigenvalue weighted by atomic mass is 16.6. The van der Waals surface area contributed by atoms with E-state index in [4.69, 9.17) is 9.47 Å². The van der Waals surface area contributed by atoms with Crippen LogP contribution in [0.15, 0.2) is 54.6 Å². The number of rotatable bonds is 5. The predicted molar refractivity (Wildman–Crippen MR) is 120 cm³/mol. The summed E-state index contributed by atoms with van der Waals surface area (Å²) in [6.45, 7) is 0.969. The molecule has 0 aromatic heterocycles. The molecule has 0 saturated carbocycles. The van der Waals surface area contributed by atoms with Crippen LogP contribution in [0.25, 0.3) is 5.57 Å². The molecule has 1 saturated heterocycles. The number of aliphatic hydroxyl groups is 3. The van der Waals surface area contributed by atoms with E-state index < -0.39 is 36.6 Å². The van der Waals surface area contributed by atoms with E-state index in [9.17, 15) is 25.2 Å². The van der Waals surface area contributed by atoms with Crippen LogP contribution in [-0.4, -0.2) is 82.2 Å². The van der Waals surface area contributed by atoms with Crippen LogP contribution in [0.2, 0.25) is 0 Å². The lowest BCUT2D eigenvalue weighted by Gasteiger charge is -2.46. The van der Waals surface area contributed by atoms with Gasteiger partial charge in [-0.1, -0.05) is 48.5 Å². The van der Waals surface area contributed by atoms with E-state index in [1.54, 1.807) is 14.1 Å². The number of nitrogens with zero attached hydrogens (tertiary/aromatic N) is 1. The Morgan fingerprint density at radius 3 is 2.39 bits per heavy atom. The summed E-state index contributed by atoms with van der Waals surface area (Å²) in [6, 6.07) is 16.0. The van der Waals surface area contributed by atoms with E-state index in [-0.39, 0.29) is 4.48 Å². The zero-order chi connectivity index (χ0) is 23.8. The van der Waals surface area contributed by atoms with E-state index in [0.29, 0.717) is 19.6 Å². The standard InChI is InChI=1S/C25H29NO7/c1-26(2,24-22(29)20(27)21(28)23(33-24)25(30)31)13-7-11-17-16-9-4-3-8-15(16)14-32-19-12-6-5-10-18(17)19/h3-6,8-12,20-24,27-29H,7,13-14H2,1-2H3/p+1/b17-11+/t20-,21-,22+,23-,24+/m0/s1. The number of hydrogen-bond acceptors (Lipinski definition) is 6. The van der Waals surface area contributed by atoms with Gasteiger partial charge >= 0.3 is 5.97 Å². The maximum atomic E-state index is 11.5. The summed E-state index contributed by atoms with van der Waals surface area (Å²) in [5, 5.41) is 40.0. The number of hydrogen-bond donors (Lipinski definition) is 4. The monoisotopic (exact) mass is 456 g/mol. The number of quaternary nitrogens is 1. The van der Waals surface area contributed by atoms with Crippen LogP contribution in [0, 0.1) is 0 Å². The van der Waals surface area contributed by atoms with Crippen molar-refractivity contribution in [2.75, 3.05) is 20.6 Å². The molecule has 4 N–H and O–H groups in total. The number of likely N-dealkylation sites (N-methyl/N-ethyl adjacent to an activating group) is 1. The van der Waals surface area contributed by atoms with Gasteiger partial charge in [-0.2, -0.15) is 0 Å². The third-order valence-electron chi connectivity index (χ3n) is 6.44. The Morgan fingerprint density at radius 1 is 1.00 bits per heavy atom. The van der Waals surface area contributed by atoms with Crippen molar-refractivity contribution < 1.29 is 39.2 Å². The number of carboxylic acids is 1. The van der Waals surface area contributed by atoms with E-state index in [1.165, 1.54) is 0 Å². The van der Waals surface area contributed by atoms with Gasteiger partial charge in [0, 0.05) is 12.0 Å². The van der Waals surface area contributed by atoms with E-state index in [2.05, 4.69) is 12.1 Å². The predicted octanol–water partition coefficient (Wildman–Crippen LogP) is 1.37. The summed E-state index contributed by atoms with van der Waals surface area (Å²) in [5.41, 5.74) is 4.21. The molecule has 33 heavy (non-hydrogen) atoms. The number of benzene rings is 2. The Hall–Kier alpha value is -2.75. The van der Waals surface area contributed by atoms with Crippen LogP contribution in [0.5, 0.6) is 5.75 Å². The molecule has 2 aromatic rings. The summed E-state index contributed by atoms with van der Waals surface area (Å²) in [5.74, 6) is -0.576. The number of aliphatic hydroxyl groups excluding tert-OH is 3.